The molecule has 0 spiro atoms. The number of hydrazone groups is 1. The first-order valence-corrected chi connectivity index (χ1v) is 9.21. The van der Waals surface area contributed by atoms with Crippen LogP contribution in [0.2, 0.25) is 0 Å². The van der Waals surface area contributed by atoms with Crippen LogP contribution in [0.4, 0.5) is 5.69 Å². The van der Waals surface area contributed by atoms with Crippen LogP contribution in [-0.4, -0.2) is 30.7 Å². The molecule has 25 heavy (non-hydrogen) atoms. The predicted octanol–water partition coefficient (Wildman–Crippen LogP) is 4.60. The molecule has 1 aliphatic rings. The number of hydrogen-bond acceptors (Lipinski definition) is 3. The van der Waals surface area contributed by atoms with Crippen LogP contribution in [-0.2, 0) is 4.79 Å². The summed E-state index contributed by atoms with van der Waals surface area (Å²) >= 11 is 3.46. The SMILES string of the molecule is CCC(=O)N1N=C(c2ccc(Br)cc2)CC1c1ccc(N(C)C)cc1. The first-order chi connectivity index (χ1) is 12.0. The van der Waals surface area contributed by atoms with Crippen LogP contribution in [0.1, 0.15) is 36.9 Å². The van der Waals surface area contributed by atoms with Gasteiger partial charge in [0.1, 0.15) is 0 Å². The van der Waals surface area contributed by atoms with Crippen molar-refractivity contribution in [3.8, 4) is 0 Å². The summed E-state index contributed by atoms with van der Waals surface area (Å²) in [6.45, 7) is 1.88. The van der Waals surface area contributed by atoms with Crippen LogP contribution < -0.4 is 4.90 Å². The van der Waals surface area contributed by atoms with Crippen LogP contribution in [0.5, 0.6) is 0 Å². The van der Waals surface area contributed by atoms with Crippen molar-refractivity contribution in [3.63, 3.8) is 0 Å². The summed E-state index contributed by atoms with van der Waals surface area (Å²) in [4.78, 5) is 14.5. The molecule has 1 aliphatic heterocycles. The summed E-state index contributed by atoms with van der Waals surface area (Å²) in [6, 6.07) is 16.4. The van der Waals surface area contributed by atoms with Gasteiger partial charge in [0.15, 0.2) is 0 Å². The van der Waals surface area contributed by atoms with E-state index in [0.29, 0.717) is 6.42 Å². The highest BCUT2D eigenvalue weighted by Gasteiger charge is 2.32. The van der Waals surface area contributed by atoms with Gasteiger partial charge in [0.2, 0.25) is 5.91 Å². The molecular weight excluding hydrogens is 378 g/mol. The second kappa shape index (κ2) is 7.40. The van der Waals surface area contributed by atoms with Gasteiger partial charge in [-0.1, -0.05) is 47.1 Å². The Morgan fingerprint density at radius 3 is 2.36 bits per heavy atom. The van der Waals surface area contributed by atoms with Gasteiger partial charge in [-0.15, -0.1) is 0 Å². The lowest BCUT2D eigenvalue weighted by molar-refractivity contribution is -0.132. The lowest BCUT2D eigenvalue weighted by Gasteiger charge is -2.22. The molecule has 5 heteroatoms. The predicted molar refractivity (Wildman–Crippen MR) is 106 cm³/mol. The molecule has 0 saturated carbocycles. The quantitative estimate of drug-likeness (QED) is 0.752. The van der Waals surface area contributed by atoms with Gasteiger partial charge in [0.05, 0.1) is 11.8 Å². The zero-order valence-electron chi connectivity index (χ0n) is 14.7. The Balaban J connectivity index is 1.91. The molecule has 2 aromatic carbocycles. The molecule has 1 amide bonds. The van der Waals surface area contributed by atoms with Crippen molar-refractivity contribution >= 4 is 33.2 Å². The normalized spacial score (nSPS) is 16.7. The monoisotopic (exact) mass is 399 g/mol. The van der Waals surface area contributed by atoms with Crippen molar-refractivity contribution in [1.29, 1.82) is 0 Å². The Labute approximate surface area is 157 Å². The van der Waals surface area contributed by atoms with E-state index in [0.717, 1.165) is 33.4 Å². The van der Waals surface area contributed by atoms with E-state index < -0.39 is 0 Å². The number of rotatable bonds is 4. The fourth-order valence-electron chi connectivity index (χ4n) is 2.97. The third kappa shape index (κ3) is 3.76. The maximum absolute atomic E-state index is 12.4. The van der Waals surface area contributed by atoms with Gasteiger partial charge in [-0.25, -0.2) is 5.01 Å². The summed E-state index contributed by atoms with van der Waals surface area (Å²) in [7, 11) is 4.04. The van der Waals surface area contributed by atoms with Crippen molar-refractivity contribution in [2.24, 2.45) is 5.10 Å². The lowest BCUT2D eigenvalue weighted by atomic mass is 9.98. The summed E-state index contributed by atoms with van der Waals surface area (Å²) < 4.78 is 1.03. The van der Waals surface area contributed by atoms with Gasteiger partial charge < -0.3 is 4.90 Å². The maximum Gasteiger partial charge on any atom is 0.242 e. The molecule has 0 aromatic heterocycles. The number of amides is 1. The molecule has 0 radical (unpaired) electrons. The third-order valence-electron chi connectivity index (χ3n) is 4.44. The molecule has 0 bridgehead atoms. The Kier molecular flexibility index (Phi) is 5.23. The van der Waals surface area contributed by atoms with Crippen LogP contribution in [0, 0.1) is 0 Å². The minimum Gasteiger partial charge on any atom is -0.378 e. The van der Waals surface area contributed by atoms with Gasteiger partial charge in [-0.05, 0) is 35.4 Å². The van der Waals surface area contributed by atoms with E-state index >= 15 is 0 Å². The lowest BCUT2D eigenvalue weighted by Crippen LogP contribution is -2.26. The molecule has 0 aliphatic carbocycles. The van der Waals surface area contributed by atoms with Gasteiger partial charge in [0, 0.05) is 37.1 Å². The van der Waals surface area contributed by atoms with Crippen molar-refractivity contribution in [1.82, 2.24) is 5.01 Å². The Morgan fingerprint density at radius 2 is 1.80 bits per heavy atom. The summed E-state index contributed by atoms with van der Waals surface area (Å²) in [5, 5.41) is 6.30. The molecular formula is C20H22BrN3O. The van der Waals surface area contributed by atoms with Crippen molar-refractivity contribution in [2.75, 3.05) is 19.0 Å². The van der Waals surface area contributed by atoms with Gasteiger partial charge in [0.25, 0.3) is 0 Å². The van der Waals surface area contributed by atoms with Gasteiger partial charge in [-0.3, -0.25) is 4.79 Å². The second-order valence-electron chi connectivity index (χ2n) is 6.35. The number of anilines is 1. The molecule has 0 N–H and O–H groups in total. The van der Waals surface area contributed by atoms with Crippen LogP contribution >= 0.6 is 15.9 Å². The van der Waals surface area contributed by atoms with E-state index in [9.17, 15) is 4.79 Å². The summed E-state index contributed by atoms with van der Waals surface area (Å²) in [6.07, 6.45) is 1.18. The van der Waals surface area contributed by atoms with Gasteiger partial charge >= 0.3 is 0 Å². The van der Waals surface area contributed by atoms with E-state index in [4.69, 9.17) is 0 Å². The van der Waals surface area contributed by atoms with Crippen molar-refractivity contribution in [3.05, 3.63) is 64.1 Å². The highest BCUT2D eigenvalue weighted by atomic mass is 79.9. The average Bonchev–Trinajstić information content (AvgIpc) is 3.07. The number of carbonyl (C=O) groups is 1. The highest BCUT2D eigenvalue weighted by molar-refractivity contribution is 9.10. The van der Waals surface area contributed by atoms with Crippen LogP contribution in [0.15, 0.2) is 58.1 Å². The largest absolute Gasteiger partial charge is 0.378 e. The Morgan fingerprint density at radius 1 is 1.16 bits per heavy atom. The number of nitrogens with zero attached hydrogens (tertiary/aromatic N) is 3. The minimum absolute atomic E-state index is 0.0395. The zero-order chi connectivity index (χ0) is 18.0. The first kappa shape index (κ1) is 17.7. The van der Waals surface area contributed by atoms with Crippen LogP contribution in [0.3, 0.4) is 0 Å². The van der Waals surface area contributed by atoms with Crippen LogP contribution in [0.25, 0.3) is 0 Å². The molecule has 1 heterocycles. The third-order valence-corrected chi connectivity index (χ3v) is 4.97. The highest BCUT2D eigenvalue weighted by Crippen LogP contribution is 2.34. The standard InChI is InChI=1S/C20H22BrN3O/c1-4-20(25)24-19(15-7-11-17(12-8-15)23(2)3)13-18(22-24)14-5-9-16(21)10-6-14/h5-12,19H,4,13H2,1-3H3. The van der Waals surface area contributed by atoms with Crippen molar-refractivity contribution in [2.45, 2.75) is 25.8 Å². The molecule has 0 saturated heterocycles. The molecule has 4 nitrogen and oxygen atoms in total. The van der Waals surface area contributed by atoms with E-state index in [2.05, 4.69) is 50.2 Å². The Bertz CT molecular complexity index is 782. The molecule has 130 valence electrons. The fourth-order valence-corrected chi connectivity index (χ4v) is 3.24. The number of benzene rings is 2. The Hall–Kier alpha value is -2.14. The summed E-state index contributed by atoms with van der Waals surface area (Å²) in [5.74, 6) is 0.0498. The molecule has 1 unspecified atom stereocenters. The van der Waals surface area contributed by atoms with E-state index in [1.165, 1.54) is 0 Å². The first-order valence-electron chi connectivity index (χ1n) is 8.42. The maximum atomic E-state index is 12.4. The molecule has 0 fully saturated rings. The number of carbonyl (C=O) groups excluding carboxylic acids is 1. The number of halogens is 1. The summed E-state index contributed by atoms with van der Waals surface area (Å²) in [5.41, 5.74) is 4.27. The average molecular weight is 400 g/mol. The van der Waals surface area contributed by atoms with E-state index in [1.807, 2.05) is 45.3 Å². The smallest absolute Gasteiger partial charge is 0.242 e. The number of hydrogen-bond donors (Lipinski definition) is 0. The zero-order valence-corrected chi connectivity index (χ0v) is 16.3. The van der Waals surface area contributed by atoms with E-state index in [1.54, 1.807) is 5.01 Å². The minimum atomic E-state index is -0.0395. The van der Waals surface area contributed by atoms with Crippen molar-refractivity contribution < 1.29 is 4.79 Å². The second-order valence-corrected chi connectivity index (χ2v) is 7.27. The van der Waals surface area contributed by atoms with Gasteiger partial charge in [-0.2, -0.15) is 5.10 Å². The molecule has 2 aromatic rings. The molecule has 3 rings (SSSR count). The fraction of sp³-hybridized carbons (Fsp3) is 0.300. The molecule has 1 atom stereocenters. The van der Waals surface area contributed by atoms with E-state index in [-0.39, 0.29) is 11.9 Å². The topological polar surface area (TPSA) is 35.9 Å².